The molecule has 0 unspecified atom stereocenters. The molecule has 0 fully saturated rings. The van der Waals surface area contributed by atoms with Crippen LogP contribution in [0.2, 0.25) is 0 Å². The lowest BCUT2D eigenvalue weighted by molar-refractivity contribution is 1.11. The summed E-state index contributed by atoms with van der Waals surface area (Å²) in [5.41, 5.74) is 3.01. The molecule has 0 bridgehead atoms. The quantitative estimate of drug-likeness (QED) is 0.683. The highest BCUT2D eigenvalue weighted by Gasteiger charge is 2.00. The van der Waals surface area contributed by atoms with Crippen molar-refractivity contribution in [2.75, 3.05) is 0 Å². The molecule has 0 N–H and O–H groups in total. The van der Waals surface area contributed by atoms with Gasteiger partial charge in [0.25, 0.3) is 0 Å². The Morgan fingerprint density at radius 1 is 0.786 bits per heavy atom. The van der Waals surface area contributed by atoms with Crippen molar-refractivity contribution in [3.05, 3.63) is 41.9 Å². The maximum atomic E-state index is 4.25. The van der Waals surface area contributed by atoms with Gasteiger partial charge in [-0.15, -0.1) is 0 Å². The third kappa shape index (κ3) is 1.76. The highest BCUT2D eigenvalue weighted by molar-refractivity contribution is 5.48. The second-order valence-electron chi connectivity index (χ2n) is 3.30. The molecule has 0 saturated carbocycles. The van der Waals surface area contributed by atoms with Crippen molar-refractivity contribution >= 4 is 0 Å². The van der Waals surface area contributed by atoms with Crippen molar-refractivity contribution in [1.29, 1.82) is 0 Å². The Morgan fingerprint density at radius 2 is 1.43 bits per heavy atom. The third-order valence-corrected chi connectivity index (χ3v) is 1.92. The van der Waals surface area contributed by atoms with Gasteiger partial charge >= 0.3 is 0 Å². The van der Waals surface area contributed by atoms with Crippen LogP contribution in [-0.4, -0.2) is 15.0 Å². The number of hydrogen-bond acceptors (Lipinski definition) is 3. The van der Waals surface area contributed by atoms with Crippen LogP contribution in [0.15, 0.2) is 30.7 Å². The summed E-state index contributed by atoms with van der Waals surface area (Å²) in [5.74, 6) is 0.676. The second kappa shape index (κ2) is 3.54. The topological polar surface area (TPSA) is 38.7 Å². The van der Waals surface area contributed by atoms with Crippen LogP contribution in [0.5, 0.6) is 0 Å². The van der Waals surface area contributed by atoms with E-state index in [9.17, 15) is 0 Å². The Morgan fingerprint density at radius 3 is 2.00 bits per heavy atom. The van der Waals surface area contributed by atoms with Crippen molar-refractivity contribution < 1.29 is 0 Å². The Kier molecular flexibility index (Phi) is 2.23. The maximum Gasteiger partial charge on any atom is 0.178 e. The lowest BCUT2D eigenvalue weighted by Crippen LogP contribution is -1.91. The molecule has 0 aromatic carbocycles. The van der Waals surface area contributed by atoms with E-state index in [-0.39, 0.29) is 0 Å². The largest absolute Gasteiger partial charge is 0.253 e. The van der Waals surface area contributed by atoms with Crippen molar-refractivity contribution in [1.82, 2.24) is 15.0 Å². The molecule has 2 aromatic heterocycles. The molecule has 0 saturated heterocycles. The highest BCUT2D eigenvalue weighted by atomic mass is 14.9. The van der Waals surface area contributed by atoms with Gasteiger partial charge in [0.2, 0.25) is 0 Å². The molecule has 0 radical (unpaired) electrons. The predicted molar refractivity (Wildman–Crippen MR) is 54.7 cm³/mol. The molecule has 70 valence electrons. The summed E-state index contributed by atoms with van der Waals surface area (Å²) in [6.07, 6.45) is 5.41. The van der Waals surface area contributed by atoms with Crippen LogP contribution >= 0.6 is 0 Å². The first-order valence-electron chi connectivity index (χ1n) is 4.47. The fourth-order valence-electron chi connectivity index (χ4n) is 1.12. The van der Waals surface area contributed by atoms with E-state index in [1.807, 2.05) is 32.2 Å². The normalized spacial score (nSPS) is 10.1. The fourth-order valence-corrected chi connectivity index (χ4v) is 1.12. The molecular weight excluding hydrogens is 174 g/mol. The molecule has 0 aliphatic carbocycles. The first kappa shape index (κ1) is 8.81. The van der Waals surface area contributed by atoms with E-state index in [0.29, 0.717) is 5.82 Å². The zero-order chi connectivity index (χ0) is 9.97. The van der Waals surface area contributed by atoms with Crippen LogP contribution in [0.4, 0.5) is 0 Å². The Labute approximate surface area is 82.9 Å². The van der Waals surface area contributed by atoms with Crippen LogP contribution in [-0.2, 0) is 0 Å². The lowest BCUT2D eigenvalue weighted by Gasteiger charge is -1.99. The van der Waals surface area contributed by atoms with E-state index in [1.165, 1.54) is 0 Å². The molecule has 0 aliphatic rings. The van der Waals surface area contributed by atoms with E-state index in [0.717, 1.165) is 16.8 Å². The van der Waals surface area contributed by atoms with E-state index in [1.54, 1.807) is 12.4 Å². The van der Waals surface area contributed by atoms with E-state index < -0.39 is 0 Å². The summed E-state index contributed by atoms with van der Waals surface area (Å²) >= 11 is 0. The fraction of sp³-hybridized carbons (Fsp3) is 0.182. The van der Waals surface area contributed by atoms with Gasteiger partial charge in [0.1, 0.15) is 5.69 Å². The van der Waals surface area contributed by atoms with E-state index in [4.69, 9.17) is 0 Å². The summed E-state index contributed by atoms with van der Waals surface area (Å²) in [6.45, 7) is 3.97. The molecular formula is C11H11N3. The van der Waals surface area contributed by atoms with Crippen molar-refractivity contribution in [2.24, 2.45) is 0 Å². The number of nitrogens with zero attached hydrogens (tertiary/aromatic N) is 3. The van der Waals surface area contributed by atoms with Crippen LogP contribution in [0.1, 0.15) is 11.1 Å². The molecule has 0 atom stereocenters. The average Bonchev–Trinajstić information content (AvgIpc) is 2.21. The summed E-state index contributed by atoms with van der Waals surface area (Å²) in [5, 5.41) is 0. The molecule has 14 heavy (non-hydrogen) atoms. The molecule has 2 rings (SSSR count). The van der Waals surface area contributed by atoms with Crippen LogP contribution in [0, 0.1) is 13.8 Å². The molecule has 2 heterocycles. The Bertz CT molecular complexity index is 374. The summed E-state index contributed by atoms with van der Waals surface area (Å²) < 4.78 is 0. The van der Waals surface area contributed by atoms with Gasteiger partial charge in [-0.05, 0) is 31.0 Å². The predicted octanol–water partition coefficient (Wildman–Crippen LogP) is 2.16. The van der Waals surface area contributed by atoms with E-state index >= 15 is 0 Å². The third-order valence-electron chi connectivity index (χ3n) is 1.92. The van der Waals surface area contributed by atoms with Gasteiger partial charge in [-0.3, -0.25) is 4.98 Å². The monoisotopic (exact) mass is 185 g/mol. The minimum absolute atomic E-state index is 0.676. The Hall–Kier alpha value is -1.77. The van der Waals surface area contributed by atoms with Gasteiger partial charge in [-0.2, -0.15) is 0 Å². The van der Waals surface area contributed by atoms with E-state index in [2.05, 4.69) is 15.0 Å². The van der Waals surface area contributed by atoms with Gasteiger partial charge < -0.3 is 0 Å². The van der Waals surface area contributed by atoms with Gasteiger partial charge in [-0.25, -0.2) is 9.97 Å². The molecule has 0 amide bonds. The zero-order valence-corrected chi connectivity index (χ0v) is 8.23. The minimum Gasteiger partial charge on any atom is -0.253 e. The molecule has 2 aromatic rings. The van der Waals surface area contributed by atoms with Crippen LogP contribution in [0.25, 0.3) is 11.5 Å². The first-order chi connectivity index (χ1) is 6.75. The number of hydrogen-bond donors (Lipinski definition) is 0. The van der Waals surface area contributed by atoms with Gasteiger partial charge in [0, 0.05) is 18.6 Å². The smallest absolute Gasteiger partial charge is 0.178 e. The summed E-state index contributed by atoms with van der Waals surface area (Å²) in [4.78, 5) is 12.7. The standard InChI is InChI=1S/C11H11N3/c1-8-3-4-10(12-5-8)11-13-6-9(2)7-14-11/h3-7H,1-2H3. The number of aryl methyl sites for hydroxylation is 2. The molecule has 3 nitrogen and oxygen atoms in total. The van der Waals surface area contributed by atoms with Crippen molar-refractivity contribution in [3.63, 3.8) is 0 Å². The Balaban J connectivity index is 2.40. The van der Waals surface area contributed by atoms with Gasteiger partial charge in [0.15, 0.2) is 5.82 Å². The summed E-state index contributed by atoms with van der Waals surface area (Å²) in [6, 6.07) is 3.94. The van der Waals surface area contributed by atoms with Gasteiger partial charge in [0.05, 0.1) is 0 Å². The number of pyridine rings is 1. The minimum atomic E-state index is 0.676. The SMILES string of the molecule is Cc1ccc(-c2ncc(C)cn2)nc1. The number of aromatic nitrogens is 3. The molecule has 3 heteroatoms. The maximum absolute atomic E-state index is 4.25. The zero-order valence-electron chi connectivity index (χ0n) is 8.23. The molecule has 0 aliphatic heterocycles. The van der Waals surface area contributed by atoms with Crippen LogP contribution in [0.3, 0.4) is 0 Å². The lowest BCUT2D eigenvalue weighted by atomic mass is 10.2. The second-order valence-corrected chi connectivity index (χ2v) is 3.30. The summed E-state index contributed by atoms with van der Waals surface area (Å²) in [7, 11) is 0. The van der Waals surface area contributed by atoms with Crippen LogP contribution < -0.4 is 0 Å². The van der Waals surface area contributed by atoms with Crippen molar-refractivity contribution in [2.45, 2.75) is 13.8 Å². The molecule has 0 spiro atoms. The average molecular weight is 185 g/mol. The van der Waals surface area contributed by atoms with Crippen molar-refractivity contribution in [3.8, 4) is 11.5 Å². The highest BCUT2D eigenvalue weighted by Crippen LogP contribution is 2.10. The van der Waals surface area contributed by atoms with Gasteiger partial charge in [-0.1, -0.05) is 6.07 Å². The number of rotatable bonds is 1. The first-order valence-corrected chi connectivity index (χ1v) is 4.47.